The van der Waals surface area contributed by atoms with Gasteiger partial charge in [-0.1, -0.05) is 18.2 Å². The first-order chi connectivity index (χ1) is 12.1. The lowest BCUT2D eigenvalue weighted by atomic mass is 10.0. The van der Waals surface area contributed by atoms with Gasteiger partial charge in [0.05, 0.1) is 0 Å². The first-order valence-corrected chi connectivity index (χ1v) is 8.29. The summed E-state index contributed by atoms with van der Waals surface area (Å²) in [5.74, 6) is -0.428. The maximum atomic E-state index is 12.9. The molecule has 1 aliphatic heterocycles. The van der Waals surface area contributed by atoms with E-state index in [9.17, 15) is 14.0 Å². The number of anilines is 1. The second-order valence-electron chi connectivity index (χ2n) is 6.04. The number of benzene rings is 2. The van der Waals surface area contributed by atoms with Gasteiger partial charge in [-0.05, 0) is 49.2 Å². The fraction of sp³-hybridized carbons (Fsp3) is 0.263. The minimum atomic E-state index is -0.340. The summed E-state index contributed by atoms with van der Waals surface area (Å²) in [5, 5.41) is 5.76. The molecule has 1 heterocycles. The summed E-state index contributed by atoms with van der Waals surface area (Å²) in [4.78, 5) is 26.1. The van der Waals surface area contributed by atoms with Gasteiger partial charge in [0.1, 0.15) is 5.82 Å². The molecule has 1 saturated heterocycles. The van der Waals surface area contributed by atoms with Crippen molar-refractivity contribution in [2.75, 3.05) is 18.4 Å². The molecule has 0 saturated carbocycles. The van der Waals surface area contributed by atoms with E-state index >= 15 is 0 Å². The first kappa shape index (κ1) is 17.0. The summed E-state index contributed by atoms with van der Waals surface area (Å²) >= 11 is 0. The minimum absolute atomic E-state index is 0.0579. The number of carbonyl (C=O) groups excluding carboxylic acids is 2. The summed E-state index contributed by atoms with van der Waals surface area (Å²) in [6, 6.07) is 14.6. The summed E-state index contributed by atoms with van der Waals surface area (Å²) < 4.78 is 12.9. The van der Waals surface area contributed by atoms with Crippen LogP contribution in [0.5, 0.6) is 0 Å². The molecule has 1 fully saturated rings. The van der Waals surface area contributed by atoms with Gasteiger partial charge in [-0.25, -0.2) is 9.18 Å². The van der Waals surface area contributed by atoms with Gasteiger partial charge in [0.25, 0.3) is 5.91 Å². The van der Waals surface area contributed by atoms with E-state index in [0.29, 0.717) is 37.2 Å². The van der Waals surface area contributed by atoms with Crippen LogP contribution >= 0.6 is 0 Å². The van der Waals surface area contributed by atoms with Crippen LogP contribution < -0.4 is 10.6 Å². The summed E-state index contributed by atoms with van der Waals surface area (Å²) in [7, 11) is 0. The van der Waals surface area contributed by atoms with Crippen LogP contribution in [0.15, 0.2) is 54.6 Å². The Labute approximate surface area is 145 Å². The van der Waals surface area contributed by atoms with Crippen LogP contribution in [0.1, 0.15) is 23.2 Å². The predicted molar refractivity (Wildman–Crippen MR) is 93.9 cm³/mol. The fourth-order valence-corrected chi connectivity index (χ4v) is 2.82. The van der Waals surface area contributed by atoms with Crippen LogP contribution in [-0.4, -0.2) is 36.0 Å². The Hall–Kier alpha value is -2.89. The molecule has 130 valence electrons. The van der Waals surface area contributed by atoms with E-state index in [0.717, 1.165) is 0 Å². The topological polar surface area (TPSA) is 61.4 Å². The van der Waals surface area contributed by atoms with Crippen molar-refractivity contribution in [2.24, 2.45) is 0 Å². The highest BCUT2D eigenvalue weighted by Crippen LogP contribution is 2.14. The summed E-state index contributed by atoms with van der Waals surface area (Å²) in [5.41, 5.74) is 1.20. The minimum Gasteiger partial charge on any atom is -0.349 e. The molecule has 6 heteroatoms. The Balaban J connectivity index is 1.47. The average Bonchev–Trinajstić information content (AvgIpc) is 2.65. The van der Waals surface area contributed by atoms with Crippen LogP contribution in [0.4, 0.5) is 14.9 Å². The van der Waals surface area contributed by atoms with Crippen molar-refractivity contribution in [2.45, 2.75) is 18.9 Å². The van der Waals surface area contributed by atoms with Crippen LogP contribution in [0.25, 0.3) is 0 Å². The lowest BCUT2D eigenvalue weighted by Crippen LogP contribution is -2.47. The highest BCUT2D eigenvalue weighted by Gasteiger charge is 2.24. The highest BCUT2D eigenvalue weighted by atomic mass is 19.1. The SMILES string of the molecule is O=C(NC1CCN(C(=O)Nc2ccc(F)cc2)CC1)c1ccccc1. The molecule has 2 N–H and O–H groups in total. The van der Waals surface area contributed by atoms with E-state index in [2.05, 4.69) is 10.6 Å². The van der Waals surface area contributed by atoms with E-state index in [1.54, 1.807) is 17.0 Å². The molecular formula is C19H20FN3O2. The number of halogens is 1. The van der Waals surface area contributed by atoms with Gasteiger partial charge < -0.3 is 15.5 Å². The lowest BCUT2D eigenvalue weighted by Gasteiger charge is -2.32. The van der Waals surface area contributed by atoms with Crippen molar-refractivity contribution < 1.29 is 14.0 Å². The van der Waals surface area contributed by atoms with Gasteiger partial charge in [-0.3, -0.25) is 4.79 Å². The van der Waals surface area contributed by atoms with Crippen LogP contribution in [0, 0.1) is 5.82 Å². The van der Waals surface area contributed by atoms with Crippen molar-refractivity contribution in [3.63, 3.8) is 0 Å². The smallest absolute Gasteiger partial charge is 0.321 e. The molecular weight excluding hydrogens is 321 g/mol. The van der Waals surface area contributed by atoms with Gasteiger partial charge in [0, 0.05) is 30.4 Å². The number of nitrogens with one attached hydrogen (secondary N) is 2. The number of likely N-dealkylation sites (tertiary alicyclic amines) is 1. The maximum absolute atomic E-state index is 12.9. The second kappa shape index (κ2) is 7.79. The average molecular weight is 341 g/mol. The standard InChI is InChI=1S/C19H20FN3O2/c20-15-6-8-16(9-7-15)22-19(25)23-12-10-17(11-13-23)21-18(24)14-4-2-1-3-5-14/h1-9,17H,10-13H2,(H,21,24)(H,22,25). The number of hydrogen-bond donors (Lipinski definition) is 2. The van der Waals surface area contributed by atoms with Gasteiger partial charge in [-0.15, -0.1) is 0 Å². The van der Waals surface area contributed by atoms with Gasteiger partial charge in [-0.2, -0.15) is 0 Å². The number of carbonyl (C=O) groups is 2. The molecule has 3 rings (SSSR count). The Morgan fingerprint density at radius 1 is 0.960 bits per heavy atom. The van der Waals surface area contributed by atoms with E-state index in [1.807, 2.05) is 18.2 Å². The molecule has 2 aromatic carbocycles. The van der Waals surface area contributed by atoms with Gasteiger partial charge in [0.15, 0.2) is 0 Å². The largest absolute Gasteiger partial charge is 0.349 e. The van der Waals surface area contributed by atoms with Crippen LogP contribution in [-0.2, 0) is 0 Å². The zero-order valence-electron chi connectivity index (χ0n) is 13.7. The number of rotatable bonds is 3. The monoisotopic (exact) mass is 341 g/mol. The van der Waals surface area contributed by atoms with Gasteiger partial charge >= 0.3 is 6.03 Å². The lowest BCUT2D eigenvalue weighted by molar-refractivity contribution is 0.0919. The fourth-order valence-electron chi connectivity index (χ4n) is 2.82. The van der Waals surface area contributed by atoms with Crippen LogP contribution in [0.2, 0.25) is 0 Å². The Morgan fingerprint density at radius 2 is 1.60 bits per heavy atom. The maximum Gasteiger partial charge on any atom is 0.321 e. The molecule has 25 heavy (non-hydrogen) atoms. The molecule has 3 amide bonds. The molecule has 0 aromatic heterocycles. The van der Waals surface area contributed by atoms with E-state index in [-0.39, 0.29) is 23.8 Å². The normalized spacial score (nSPS) is 14.8. The molecule has 0 bridgehead atoms. The number of hydrogen-bond acceptors (Lipinski definition) is 2. The van der Waals surface area contributed by atoms with Crippen molar-refractivity contribution in [1.29, 1.82) is 0 Å². The highest BCUT2D eigenvalue weighted by molar-refractivity contribution is 5.94. The molecule has 0 unspecified atom stereocenters. The van der Waals surface area contributed by atoms with Crippen molar-refractivity contribution in [1.82, 2.24) is 10.2 Å². The van der Waals surface area contributed by atoms with E-state index < -0.39 is 0 Å². The summed E-state index contributed by atoms with van der Waals surface area (Å²) in [6.07, 6.45) is 1.41. The second-order valence-corrected chi connectivity index (χ2v) is 6.04. The van der Waals surface area contributed by atoms with E-state index in [4.69, 9.17) is 0 Å². The molecule has 0 atom stereocenters. The molecule has 5 nitrogen and oxygen atoms in total. The third-order valence-electron chi connectivity index (χ3n) is 4.25. The molecule has 0 radical (unpaired) electrons. The molecule has 0 spiro atoms. The third kappa shape index (κ3) is 4.56. The Bertz CT molecular complexity index is 726. The molecule has 2 aromatic rings. The quantitative estimate of drug-likeness (QED) is 0.900. The van der Waals surface area contributed by atoms with Crippen molar-refractivity contribution >= 4 is 17.6 Å². The molecule has 1 aliphatic rings. The molecule has 0 aliphatic carbocycles. The predicted octanol–water partition coefficient (Wildman–Crippen LogP) is 3.25. The zero-order chi connectivity index (χ0) is 17.6. The Kier molecular flexibility index (Phi) is 5.28. The van der Waals surface area contributed by atoms with E-state index in [1.165, 1.54) is 24.3 Å². The number of piperidine rings is 1. The van der Waals surface area contributed by atoms with Gasteiger partial charge in [0.2, 0.25) is 0 Å². The van der Waals surface area contributed by atoms with Crippen molar-refractivity contribution in [3.8, 4) is 0 Å². The van der Waals surface area contributed by atoms with Crippen molar-refractivity contribution in [3.05, 3.63) is 66.0 Å². The van der Waals surface area contributed by atoms with Crippen LogP contribution in [0.3, 0.4) is 0 Å². The number of urea groups is 1. The summed E-state index contributed by atoms with van der Waals surface area (Å²) in [6.45, 7) is 1.12. The number of amides is 3. The zero-order valence-corrected chi connectivity index (χ0v) is 13.7. The number of nitrogens with zero attached hydrogens (tertiary/aromatic N) is 1. The first-order valence-electron chi connectivity index (χ1n) is 8.29. The Morgan fingerprint density at radius 3 is 2.24 bits per heavy atom. The third-order valence-corrected chi connectivity index (χ3v) is 4.25.